The molecule has 0 aliphatic heterocycles. The lowest BCUT2D eigenvalue weighted by Gasteiger charge is -2.44. The van der Waals surface area contributed by atoms with Crippen LogP contribution in [0.15, 0.2) is 0 Å². The Kier molecular flexibility index (Phi) is 7.61. The predicted octanol–water partition coefficient (Wildman–Crippen LogP) is 7.59. The van der Waals surface area contributed by atoms with Crippen LogP contribution >= 0.6 is 46.4 Å². The van der Waals surface area contributed by atoms with Crippen molar-refractivity contribution in [2.75, 3.05) is 0 Å². The zero-order chi connectivity index (χ0) is 24.2. The van der Waals surface area contributed by atoms with E-state index in [-0.39, 0.29) is 25.7 Å². The third-order valence-electron chi connectivity index (χ3n) is 4.61. The molecule has 3 unspecified atom stereocenters. The molecule has 0 heterocycles. The Labute approximate surface area is 182 Å². The van der Waals surface area contributed by atoms with Gasteiger partial charge < -0.3 is 0 Å². The fraction of sp³-hybridized carbons (Fsp3) is 0.929. The molecule has 0 radical (unpaired) electrons. The van der Waals surface area contributed by atoms with Gasteiger partial charge in [0.15, 0.2) is 0 Å². The molecule has 0 spiro atoms. The number of alkyl halides is 15. The minimum Gasteiger partial charge on any atom is -0.292 e. The molecule has 1 rings (SSSR count). The first kappa shape index (κ1) is 28.1. The van der Waals surface area contributed by atoms with Crippen molar-refractivity contribution in [2.24, 2.45) is 5.92 Å². The highest BCUT2D eigenvalue weighted by atomic mass is 35.5. The molecule has 0 saturated heterocycles. The molecule has 16 heteroatoms. The van der Waals surface area contributed by atoms with Gasteiger partial charge in [0.2, 0.25) is 5.78 Å². The zero-order valence-electron chi connectivity index (χ0n) is 14.2. The molecule has 1 nitrogen and oxygen atoms in total. The maximum absolute atomic E-state index is 14.4. The first-order valence-corrected chi connectivity index (χ1v) is 9.41. The number of ketones is 1. The second kappa shape index (κ2) is 8.13. The molecule has 30 heavy (non-hydrogen) atoms. The van der Waals surface area contributed by atoms with Gasteiger partial charge in [0.05, 0.1) is 0 Å². The number of carbonyl (C=O) groups excluding carboxylic acids is 1. The molecule has 1 saturated carbocycles. The summed E-state index contributed by atoms with van der Waals surface area (Å²) in [6.07, 6.45) is 0.0750. The van der Waals surface area contributed by atoms with E-state index in [1.165, 1.54) is 0 Å². The van der Waals surface area contributed by atoms with Crippen molar-refractivity contribution in [3.05, 3.63) is 0 Å². The Morgan fingerprint density at radius 3 is 1.33 bits per heavy atom. The first-order chi connectivity index (χ1) is 13.0. The minimum absolute atomic E-state index is 0.145. The van der Waals surface area contributed by atoms with Crippen molar-refractivity contribution in [3.8, 4) is 0 Å². The smallest absolute Gasteiger partial charge is 0.292 e. The van der Waals surface area contributed by atoms with E-state index in [9.17, 15) is 53.1 Å². The van der Waals surface area contributed by atoms with Crippen molar-refractivity contribution in [2.45, 2.75) is 70.6 Å². The lowest BCUT2D eigenvalue weighted by molar-refractivity contribution is -0.303. The average Bonchev–Trinajstić information content (AvgIpc) is 2.59. The van der Waals surface area contributed by atoms with Crippen LogP contribution in [0.3, 0.4) is 0 Å². The van der Waals surface area contributed by atoms with Gasteiger partial charge in [-0.05, 0) is 24.4 Å². The number of rotatable bonds is 8. The summed E-state index contributed by atoms with van der Waals surface area (Å²) in [7, 11) is 0. The van der Waals surface area contributed by atoms with Crippen LogP contribution in [0.5, 0.6) is 0 Å². The maximum atomic E-state index is 14.4. The molecule has 0 aromatic rings. The molecule has 178 valence electrons. The monoisotopic (exact) mass is 544 g/mol. The fourth-order valence-corrected chi connectivity index (χ4v) is 3.57. The number of carbonyl (C=O) groups is 1. The Hall–Kier alpha value is 0.0600. The Balaban J connectivity index is 3.49. The van der Waals surface area contributed by atoms with E-state index in [1.54, 1.807) is 0 Å². The van der Waals surface area contributed by atoms with Crippen LogP contribution in [0.25, 0.3) is 0 Å². The van der Waals surface area contributed by atoms with E-state index in [0.29, 0.717) is 6.42 Å². The quantitative estimate of drug-likeness (QED) is 0.227. The van der Waals surface area contributed by atoms with E-state index < -0.39 is 50.2 Å². The van der Waals surface area contributed by atoms with Crippen molar-refractivity contribution in [1.82, 2.24) is 0 Å². The van der Waals surface area contributed by atoms with Crippen LogP contribution in [0.1, 0.15) is 32.1 Å². The number of hydrogen-bond donors (Lipinski definition) is 0. The van der Waals surface area contributed by atoms with Gasteiger partial charge in [0.1, 0.15) is 0 Å². The van der Waals surface area contributed by atoms with Gasteiger partial charge in [-0.15, -0.1) is 0 Å². The van der Waals surface area contributed by atoms with Gasteiger partial charge in [0, 0.05) is 5.92 Å². The molecule has 1 fully saturated rings. The van der Waals surface area contributed by atoms with Crippen molar-refractivity contribution in [3.63, 3.8) is 0 Å². The van der Waals surface area contributed by atoms with Gasteiger partial charge in [-0.1, -0.05) is 54.1 Å². The standard InChI is InChI=1S/C14H11Cl4F11O/c15-9(21,8(19,20)7(30)6-4-2-1-3-5-6)12(24,25)10(16,22)13(26,27)11(17,23)14(18,28)29/h6H,1-5H2. The second-order valence-electron chi connectivity index (χ2n) is 6.64. The van der Waals surface area contributed by atoms with E-state index in [0.717, 1.165) is 0 Å². The number of halogens is 15. The molecule has 0 aromatic carbocycles. The van der Waals surface area contributed by atoms with Crippen LogP contribution in [0.4, 0.5) is 48.3 Å². The van der Waals surface area contributed by atoms with Gasteiger partial charge in [-0.3, -0.25) is 4.79 Å². The van der Waals surface area contributed by atoms with E-state index in [4.69, 9.17) is 0 Å². The van der Waals surface area contributed by atoms with Crippen molar-refractivity contribution in [1.29, 1.82) is 0 Å². The number of hydrogen-bond acceptors (Lipinski definition) is 1. The highest BCUT2D eigenvalue weighted by Gasteiger charge is 2.90. The Morgan fingerprint density at radius 1 is 0.600 bits per heavy atom. The SMILES string of the molecule is O=C(C1CCCCC1)C(F)(F)C(F)(Cl)C(F)(F)C(F)(Cl)C(F)(F)C(F)(Cl)C(F)(F)Cl. The molecule has 0 N–H and O–H groups in total. The molecule has 1 aliphatic rings. The molecule has 0 bridgehead atoms. The number of Topliss-reactive ketones (excluding diaryl/α,β-unsaturated/α-hetero) is 1. The molecule has 0 aromatic heterocycles. The lowest BCUT2D eigenvalue weighted by atomic mass is 9.81. The summed E-state index contributed by atoms with van der Waals surface area (Å²) >= 11 is 16.5. The summed E-state index contributed by atoms with van der Waals surface area (Å²) in [4.78, 5) is 11.8. The van der Waals surface area contributed by atoms with E-state index in [2.05, 4.69) is 46.4 Å². The maximum Gasteiger partial charge on any atom is 0.375 e. The zero-order valence-corrected chi connectivity index (χ0v) is 17.2. The van der Waals surface area contributed by atoms with Gasteiger partial charge in [-0.25, -0.2) is 13.2 Å². The third-order valence-corrected chi connectivity index (χ3v) is 6.39. The van der Waals surface area contributed by atoms with Gasteiger partial charge >= 0.3 is 38.5 Å². The Bertz CT molecular complexity index is 655. The van der Waals surface area contributed by atoms with Crippen LogP contribution in [0, 0.1) is 5.92 Å². The topological polar surface area (TPSA) is 17.1 Å². The lowest BCUT2D eigenvalue weighted by Crippen LogP contribution is -2.72. The van der Waals surface area contributed by atoms with Crippen molar-refractivity contribution < 1.29 is 53.1 Å². The molecule has 3 atom stereocenters. The second-order valence-corrected chi connectivity index (χ2v) is 8.68. The minimum atomic E-state index is -7.07. The average molecular weight is 546 g/mol. The normalized spacial score (nSPS) is 24.0. The van der Waals surface area contributed by atoms with Crippen molar-refractivity contribution >= 4 is 52.2 Å². The predicted molar refractivity (Wildman–Crippen MR) is 86.3 cm³/mol. The largest absolute Gasteiger partial charge is 0.375 e. The molecule has 1 aliphatic carbocycles. The molecular formula is C14H11Cl4F11O. The van der Waals surface area contributed by atoms with Crippen LogP contribution in [-0.2, 0) is 4.79 Å². The summed E-state index contributed by atoms with van der Waals surface area (Å²) in [6.45, 7) is 0. The molecular weight excluding hydrogens is 535 g/mol. The first-order valence-electron chi connectivity index (χ1n) is 7.89. The van der Waals surface area contributed by atoms with Crippen LogP contribution in [-0.4, -0.2) is 44.3 Å². The summed E-state index contributed by atoms with van der Waals surface area (Å²) in [6, 6.07) is 0. The van der Waals surface area contributed by atoms with E-state index >= 15 is 0 Å². The Morgan fingerprint density at radius 2 is 0.967 bits per heavy atom. The van der Waals surface area contributed by atoms with Crippen LogP contribution in [0.2, 0.25) is 0 Å². The summed E-state index contributed by atoms with van der Waals surface area (Å²) < 4.78 is 152. The highest BCUT2D eigenvalue weighted by molar-refractivity contribution is 6.34. The summed E-state index contributed by atoms with van der Waals surface area (Å²) in [5.74, 6) is -24.5. The highest BCUT2D eigenvalue weighted by Crippen LogP contribution is 2.65. The third kappa shape index (κ3) is 3.96. The molecule has 0 amide bonds. The van der Waals surface area contributed by atoms with Crippen LogP contribution < -0.4 is 0 Å². The summed E-state index contributed by atoms with van der Waals surface area (Å²) in [5, 5.41) is -25.4. The van der Waals surface area contributed by atoms with E-state index in [1.807, 2.05) is 0 Å². The fourth-order valence-electron chi connectivity index (χ4n) is 2.74. The van der Waals surface area contributed by atoms with Gasteiger partial charge in [-0.2, -0.15) is 35.1 Å². The summed E-state index contributed by atoms with van der Waals surface area (Å²) in [5.41, 5.74) is 0. The van der Waals surface area contributed by atoms with Gasteiger partial charge in [0.25, 0.3) is 0 Å².